The van der Waals surface area contributed by atoms with Crippen molar-refractivity contribution in [2.24, 2.45) is 0 Å². The molecular weight excluding hydrogens is 671 g/mol. The van der Waals surface area contributed by atoms with Crippen LogP contribution in [0.15, 0.2) is 70.2 Å². The Bertz CT molecular complexity index is 1890. The molecule has 0 radical (unpaired) electrons. The molecule has 47 heavy (non-hydrogen) atoms. The number of benzene rings is 3. The molecule has 1 aliphatic rings. The quantitative estimate of drug-likeness (QED) is 0.172. The van der Waals surface area contributed by atoms with Crippen LogP contribution in [0.2, 0.25) is 10.0 Å². The van der Waals surface area contributed by atoms with Gasteiger partial charge in [0.25, 0.3) is 11.8 Å². The van der Waals surface area contributed by atoms with Gasteiger partial charge in [-0.3, -0.25) is 13.8 Å². The van der Waals surface area contributed by atoms with Gasteiger partial charge >= 0.3 is 12.1 Å². The normalized spacial score (nSPS) is 14.4. The van der Waals surface area contributed by atoms with Crippen molar-refractivity contribution in [1.82, 2.24) is 10.2 Å². The molecule has 14 heteroatoms. The third kappa shape index (κ3) is 7.78. The smallest absolute Gasteiger partial charge is 0.464 e. The van der Waals surface area contributed by atoms with Crippen LogP contribution in [0.1, 0.15) is 44.3 Å². The highest BCUT2D eigenvalue weighted by atomic mass is 35.5. The molecule has 4 aromatic rings. The molecule has 0 saturated carbocycles. The minimum Gasteiger partial charge on any atom is -0.464 e. The molecule has 0 fully saturated rings. The predicted molar refractivity (Wildman–Crippen MR) is 174 cm³/mol. The number of methoxy groups -OCH3 is 1. The highest BCUT2D eigenvalue weighted by Gasteiger charge is 2.31. The average molecular weight is 702 g/mol. The second-order valence-electron chi connectivity index (χ2n) is 10.7. The molecular formula is C33H30Cl2N2O9S. The van der Waals surface area contributed by atoms with Gasteiger partial charge in [-0.2, -0.15) is 0 Å². The van der Waals surface area contributed by atoms with Gasteiger partial charge in [0.05, 0.1) is 29.0 Å². The Balaban J connectivity index is 1.37. The lowest BCUT2D eigenvalue weighted by molar-refractivity contribution is -0.169. The standard InChI is InChI=1S/C33H30Cl2N2O9S/c1-18(46-33(41)43-2)45-32(40)26(14-19-5-4-6-23(13-19)47(3)42)36-30(38)28-25(34)15-22-17-37(11-9-24(22)29(28)35)31(39)21-8-7-20-10-12-44-27(20)16-21/h4-8,10,12-13,15-16,18,26H,9,11,14,17H2,1-3H3,(H,36,38)/t18?,26-,47?/m0/s1. The molecule has 2 unspecified atom stereocenters. The van der Waals surface area contributed by atoms with Crippen LogP contribution in [0.5, 0.6) is 0 Å². The SMILES string of the molecule is COC(=O)OC(C)OC(=O)[C@H](Cc1cccc(S(C)=O)c1)NC(=O)c1c(Cl)cc2c(c1Cl)CCN(C(=O)c1ccc3ccoc3c1)C2. The highest BCUT2D eigenvalue weighted by Crippen LogP contribution is 2.35. The summed E-state index contributed by atoms with van der Waals surface area (Å²) in [4.78, 5) is 54.0. The van der Waals surface area contributed by atoms with Crippen LogP contribution in [-0.4, -0.2) is 65.3 Å². The average Bonchev–Trinajstić information content (AvgIpc) is 3.52. The van der Waals surface area contributed by atoms with Crippen molar-refractivity contribution in [3.05, 3.63) is 98.7 Å². The number of hydrogen-bond donors (Lipinski definition) is 1. The number of halogens is 2. The minimum atomic E-state index is -1.33. The predicted octanol–water partition coefficient (Wildman–Crippen LogP) is 5.69. The third-order valence-electron chi connectivity index (χ3n) is 7.59. The zero-order chi connectivity index (χ0) is 33.8. The Morgan fingerprint density at radius 3 is 2.60 bits per heavy atom. The van der Waals surface area contributed by atoms with Crippen LogP contribution < -0.4 is 5.32 Å². The molecule has 2 amide bonds. The summed E-state index contributed by atoms with van der Waals surface area (Å²) in [5, 5.41) is 3.67. The molecule has 0 saturated heterocycles. The first-order valence-electron chi connectivity index (χ1n) is 14.4. The van der Waals surface area contributed by atoms with E-state index >= 15 is 0 Å². The first-order valence-corrected chi connectivity index (χ1v) is 16.7. The summed E-state index contributed by atoms with van der Waals surface area (Å²) in [6.07, 6.45) is 0.998. The van der Waals surface area contributed by atoms with Crippen molar-refractivity contribution < 1.29 is 42.0 Å². The van der Waals surface area contributed by atoms with Crippen LogP contribution in [0.4, 0.5) is 4.79 Å². The second kappa shape index (κ2) is 14.6. The lowest BCUT2D eigenvalue weighted by Gasteiger charge is -2.30. The Kier molecular flexibility index (Phi) is 10.5. The molecule has 2 heterocycles. The number of carbonyl (C=O) groups is 4. The zero-order valence-electron chi connectivity index (χ0n) is 25.5. The van der Waals surface area contributed by atoms with E-state index in [2.05, 4.69) is 10.1 Å². The Morgan fingerprint density at radius 2 is 1.85 bits per heavy atom. The van der Waals surface area contributed by atoms with Gasteiger partial charge in [-0.25, -0.2) is 9.59 Å². The minimum absolute atomic E-state index is 0.0236. The van der Waals surface area contributed by atoms with Crippen LogP contribution in [0.25, 0.3) is 11.0 Å². The van der Waals surface area contributed by atoms with Crippen molar-refractivity contribution in [2.75, 3.05) is 19.9 Å². The largest absolute Gasteiger partial charge is 0.511 e. The van der Waals surface area contributed by atoms with E-state index in [1.165, 1.54) is 13.2 Å². The second-order valence-corrected chi connectivity index (χ2v) is 12.9. The monoisotopic (exact) mass is 700 g/mol. The Labute approximate surface area is 282 Å². The van der Waals surface area contributed by atoms with Crippen molar-refractivity contribution >= 4 is 68.9 Å². The molecule has 246 valence electrons. The number of furan rings is 1. The topological polar surface area (TPSA) is 141 Å². The van der Waals surface area contributed by atoms with Crippen molar-refractivity contribution in [2.45, 2.75) is 43.5 Å². The fourth-order valence-corrected chi connectivity index (χ4v) is 6.62. The highest BCUT2D eigenvalue weighted by molar-refractivity contribution is 7.84. The van der Waals surface area contributed by atoms with E-state index < -0.39 is 41.2 Å². The number of ether oxygens (including phenoxy) is 3. The van der Waals surface area contributed by atoms with E-state index in [1.807, 2.05) is 12.1 Å². The van der Waals surface area contributed by atoms with Gasteiger partial charge in [0.1, 0.15) is 11.6 Å². The number of nitrogens with one attached hydrogen (secondary N) is 1. The molecule has 0 spiro atoms. The van der Waals surface area contributed by atoms with E-state index in [9.17, 15) is 23.4 Å². The molecule has 3 aromatic carbocycles. The Morgan fingerprint density at radius 1 is 1.06 bits per heavy atom. The molecule has 1 N–H and O–H groups in total. The van der Waals surface area contributed by atoms with Crippen molar-refractivity contribution in [3.8, 4) is 0 Å². The summed E-state index contributed by atoms with van der Waals surface area (Å²) in [6.45, 7) is 1.87. The molecule has 3 atom stereocenters. The summed E-state index contributed by atoms with van der Waals surface area (Å²) in [5.41, 5.74) is 2.96. The first-order chi connectivity index (χ1) is 22.4. The molecule has 5 rings (SSSR count). The summed E-state index contributed by atoms with van der Waals surface area (Å²) in [6, 6.07) is 14.1. The number of hydrogen-bond acceptors (Lipinski definition) is 9. The number of carbonyl (C=O) groups excluding carboxylic acids is 4. The number of rotatable bonds is 9. The lowest BCUT2D eigenvalue weighted by atomic mass is 9.95. The van der Waals surface area contributed by atoms with E-state index in [1.54, 1.807) is 53.6 Å². The molecule has 1 aliphatic heterocycles. The summed E-state index contributed by atoms with van der Waals surface area (Å²) in [7, 11) is -0.184. The van der Waals surface area contributed by atoms with Crippen LogP contribution >= 0.6 is 23.2 Å². The van der Waals surface area contributed by atoms with Gasteiger partial charge in [-0.15, -0.1) is 0 Å². The maximum Gasteiger partial charge on any atom is 0.511 e. The lowest BCUT2D eigenvalue weighted by Crippen LogP contribution is -2.45. The fourth-order valence-electron chi connectivity index (χ4n) is 5.27. The number of fused-ring (bicyclic) bond motifs is 2. The van der Waals surface area contributed by atoms with Gasteiger partial charge in [0, 0.05) is 59.3 Å². The van der Waals surface area contributed by atoms with Gasteiger partial charge in [0.2, 0.25) is 6.29 Å². The van der Waals surface area contributed by atoms with Crippen molar-refractivity contribution in [1.29, 1.82) is 0 Å². The number of amides is 2. The van der Waals surface area contributed by atoms with E-state index in [4.69, 9.17) is 37.1 Å². The molecule has 1 aromatic heterocycles. The van der Waals surface area contributed by atoms with Crippen LogP contribution in [0.3, 0.4) is 0 Å². The Hall–Kier alpha value is -4.39. The summed E-state index contributed by atoms with van der Waals surface area (Å²) in [5.74, 6) is -1.85. The first kappa shape index (κ1) is 34.0. The van der Waals surface area contributed by atoms with Gasteiger partial charge < -0.3 is 28.8 Å². The number of esters is 1. The maximum atomic E-state index is 13.7. The molecule has 0 aliphatic carbocycles. The molecule has 11 nitrogen and oxygen atoms in total. The molecule has 0 bridgehead atoms. The maximum absolute atomic E-state index is 13.7. The van der Waals surface area contributed by atoms with E-state index in [0.717, 1.165) is 12.5 Å². The van der Waals surface area contributed by atoms with E-state index in [-0.39, 0.29) is 34.5 Å². The summed E-state index contributed by atoms with van der Waals surface area (Å²) < 4.78 is 32.0. The van der Waals surface area contributed by atoms with Crippen LogP contribution in [0, 0.1) is 0 Å². The zero-order valence-corrected chi connectivity index (χ0v) is 27.9. The number of nitrogens with zero attached hydrogens (tertiary/aromatic N) is 1. The van der Waals surface area contributed by atoms with Gasteiger partial charge in [-0.1, -0.05) is 41.4 Å². The third-order valence-corrected chi connectivity index (χ3v) is 9.23. The summed E-state index contributed by atoms with van der Waals surface area (Å²) >= 11 is 13.4. The fraction of sp³-hybridized carbons (Fsp3) is 0.273. The van der Waals surface area contributed by atoms with Gasteiger partial charge in [0.15, 0.2) is 0 Å². The van der Waals surface area contributed by atoms with Gasteiger partial charge in [-0.05, 0) is 59.5 Å². The van der Waals surface area contributed by atoms with Crippen LogP contribution in [-0.2, 0) is 49.2 Å². The van der Waals surface area contributed by atoms with Crippen molar-refractivity contribution in [3.63, 3.8) is 0 Å². The van der Waals surface area contributed by atoms with E-state index in [0.29, 0.717) is 45.7 Å².